The van der Waals surface area contributed by atoms with Gasteiger partial charge in [0.05, 0.1) is 6.10 Å². The standard InChI is InChI=1S/C16H26N4O2/c1-4-14(21)12-19-7-9-20(10-8-19)16(22)13-5-6-17-15(11-13)18(2)3/h5-6,11,14,21H,4,7-10,12H2,1-3H3/t14-/m1/s1. The second-order valence-corrected chi connectivity index (χ2v) is 5.95. The monoisotopic (exact) mass is 306 g/mol. The van der Waals surface area contributed by atoms with Crippen molar-refractivity contribution in [2.75, 3.05) is 51.7 Å². The van der Waals surface area contributed by atoms with Crippen molar-refractivity contribution in [3.8, 4) is 0 Å². The third-order valence-electron chi connectivity index (χ3n) is 4.05. The molecule has 0 saturated carbocycles. The van der Waals surface area contributed by atoms with E-state index in [0.29, 0.717) is 25.2 Å². The van der Waals surface area contributed by atoms with Gasteiger partial charge in [-0.05, 0) is 18.6 Å². The molecule has 0 radical (unpaired) electrons. The molecule has 6 nitrogen and oxygen atoms in total. The minimum absolute atomic E-state index is 0.0567. The normalized spacial score (nSPS) is 17.4. The van der Waals surface area contributed by atoms with Crippen molar-refractivity contribution in [1.29, 1.82) is 0 Å². The van der Waals surface area contributed by atoms with Crippen LogP contribution in [0.3, 0.4) is 0 Å². The first kappa shape index (κ1) is 16.7. The zero-order valence-electron chi connectivity index (χ0n) is 13.7. The number of aromatic nitrogens is 1. The zero-order valence-corrected chi connectivity index (χ0v) is 13.7. The van der Waals surface area contributed by atoms with Crippen LogP contribution >= 0.6 is 0 Å². The quantitative estimate of drug-likeness (QED) is 0.867. The number of amides is 1. The van der Waals surface area contributed by atoms with Crippen molar-refractivity contribution in [1.82, 2.24) is 14.8 Å². The van der Waals surface area contributed by atoms with Crippen LogP contribution in [0.25, 0.3) is 0 Å². The van der Waals surface area contributed by atoms with E-state index in [1.165, 1.54) is 0 Å². The predicted octanol–water partition coefficient (Wildman–Crippen LogP) is 0.676. The summed E-state index contributed by atoms with van der Waals surface area (Å²) in [5.41, 5.74) is 0.681. The van der Waals surface area contributed by atoms with Gasteiger partial charge < -0.3 is 14.9 Å². The van der Waals surface area contributed by atoms with Gasteiger partial charge in [0.25, 0.3) is 5.91 Å². The number of rotatable bonds is 5. The summed E-state index contributed by atoms with van der Waals surface area (Å²) < 4.78 is 0. The van der Waals surface area contributed by atoms with E-state index in [0.717, 1.165) is 25.3 Å². The van der Waals surface area contributed by atoms with Crippen LogP contribution in [0.5, 0.6) is 0 Å². The second kappa shape index (κ2) is 7.56. The van der Waals surface area contributed by atoms with Gasteiger partial charge in [0.1, 0.15) is 5.82 Å². The van der Waals surface area contributed by atoms with Gasteiger partial charge in [-0.2, -0.15) is 0 Å². The first-order valence-corrected chi connectivity index (χ1v) is 7.84. The fraction of sp³-hybridized carbons (Fsp3) is 0.625. The molecule has 1 aliphatic heterocycles. The van der Waals surface area contributed by atoms with E-state index < -0.39 is 0 Å². The molecule has 1 fully saturated rings. The molecule has 2 heterocycles. The summed E-state index contributed by atoms with van der Waals surface area (Å²) in [4.78, 5) is 22.8. The minimum Gasteiger partial charge on any atom is -0.392 e. The number of hydrogen-bond acceptors (Lipinski definition) is 5. The molecule has 0 bridgehead atoms. The fourth-order valence-electron chi connectivity index (χ4n) is 2.54. The van der Waals surface area contributed by atoms with E-state index in [1.54, 1.807) is 12.3 Å². The molecular weight excluding hydrogens is 280 g/mol. The van der Waals surface area contributed by atoms with Gasteiger partial charge in [0.15, 0.2) is 0 Å². The van der Waals surface area contributed by atoms with Crippen molar-refractivity contribution >= 4 is 11.7 Å². The van der Waals surface area contributed by atoms with Crippen LogP contribution in [0.2, 0.25) is 0 Å². The Morgan fingerprint density at radius 2 is 2.05 bits per heavy atom. The smallest absolute Gasteiger partial charge is 0.254 e. The van der Waals surface area contributed by atoms with E-state index in [2.05, 4.69) is 9.88 Å². The van der Waals surface area contributed by atoms with Crippen molar-refractivity contribution in [2.45, 2.75) is 19.4 Å². The Kier molecular flexibility index (Phi) is 5.74. The molecule has 0 aromatic carbocycles. The van der Waals surface area contributed by atoms with Gasteiger partial charge in [0, 0.05) is 58.6 Å². The number of hydrogen-bond donors (Lipinski definition) is 1. The highest BCUT2D eigenvalue weighted by atomic mass is 16.3. The maximum atomic E-state index is 12.6. The van der Waals surface area contributed by atoms with Crippen LogP contribution in [0.15, 0.2) is 18.3 Å². The van der Waals surface area contributed by atoms with Gasteiger partial charge in [-0.3, -0.25) is 9.69 Å². The lowest BCUT2D eigenvalue weighted by Crippen LogP contribution is -2.50. The van der Waals surface area contributed by atoms with Crippen LogP contribution in [0.1, 0.15) is 23.7 Å². The summed E-state index contributed by atoms with van der Waals surface area (Å²) in [5.74, 6) is 0.844. The highest BCUT2D eigenvalue weighted by Crippen LogP contribution is 2.13. The zero-order chi connectivity index (χ0) is 16.1. The van der Waals surface area contributed by atoms with Crippen molar-refractivity contribution in [3.63, 3.8) is 0 Å². The molecule has 2 rings (SSSR count). The molecule has 1 aliphatic rings. The Labute approximate surface area is 132 Å². The Morgan fingerprint density at radius 3 is 2.64 bits per heavy atom. The highest BCUT2D eigenvalue weighted by molar-refractivity contribution is 5.94. The Hall–Kier alpha value is -1.66. The number of carbonyl (C=O) groups is 1. The van der Waals surface area contributed by atoms with E-state index in [1.807, 2.05) is 36.9 Å². The van der Waals surface area contributed by atoms with E-state index in [4.69, 9.17) is 0 Å². The molecule has 1 atom stereocenters. The largest absolute Gasteiger partial charge is 0.392 e. The third kappa shape index (κ3) is 4.18. The lowest BCUT2D eigenvalue weighted by Gasteiger charge is -2.35. The Morgan fingerprint density at radius 1 is 1.36 bits per heavy atom. The van der Waals surface area contributed by atoms with Crippen LogP contribution in [0.4, 0.5) is 5.82 Å². The summed E-state index contributed by atoms with van der Waals surface area (Å²) >= 11 is 0. The van der Waals surface area contributed by atoms with Crippen LogP contribution in [-0.2, 0) is 0 Å². The Balaban J connectivity index is 1.93. The maximum Gasteiger partial charge on any atom is 0.254 e. The SMILES string of the molecule is CC[C@@H](O)CN1CCN(C(=O)c2ccnc(N(C)C)c2)CC1. The number of anilines is 1. The fourth-order valence-corrected chi connectivity index (χ4v) is 2.54. The average Bonchev–Trinajstić information content (AvgIpc) is 2.55. The Bertz CT molecular complexity index is 499. The van der Waals surface area contributed by atoms with E-state index in [-0.39, 0.29) is 12.0 Å². The molecule has 0 unspecified atom stereocenters. The summed E-state index contributed by atoms with van der Waals surface area (Å²) in [7, 11) is 3.82. The van der Waals surface area contributed by atoms with Gasteiger partial charge in [-0.25, -0.2) is 4.98 Å². The summed E-state index contributed by atoms with van der Waals surface area (Å²) in [6.45, 7) is 5.71. The second-order valence-electron chi connectivity index (χ2n) is 5.95. The van der Waals surface area contributed by atoms with Gasteiger partial charge in [-0.15, -0.1) is 0 Å². The van der Waals surface area contributed by atoms with Crippen molar-refractivity contribution in [3.05, 3.63) is 23.9 Å². The van der Waals surface area contributed by atoms with Crippen LogP contribution < -0.4 is 4.90 Å². The number of aliphatic hydroxyl groups excluding tert-OH is 1. The number of β-amino-alcohol motifs (C(OH)–C–C–N with tert-alkyl or cyclic N) is 1. The molecule has 0 spiro atoms. The van der Waals surface area contributed by atoms with Crippen molar-refractivity contribution in [2.24, 2.45) is 0 Å². The molecule has 0 aliphatic carbocycles. The minimum atomic E-state index is -0.273. The van der Waals surface area contributed by atoms with Gasteiger partial charge in [0.2, 0.25) is 0 Å². The summed E-state index contributed by atoms with van der Waals surface area (Å²) in [5, 5.41) is 9.71. The summed E-state index contributed by atoms with van der Waals surface area (Å²) in [6.07, 6.45) is 2.17. The van der Waals surface area contributed by atoms with Crippen LogP contribution in [-0.4, -0.2) is 78.7 Å². The number of pyridine rings is 1. The molecule has 6 heteroatoms. The molecule has 1 N–H and O–H groups in total. The predicted molar refractivity (Wildman–Crippen MR) is 87.2 cm³/mol. The maximum absolute atomic E-state index is 12.6. The molecule has 1 aromatic heterocycles. The number of piperazine rings is 1. The first-order chi connectivity index (χ1) is 10.5. The van der Waals surface area contributed by atoms with Gasteiger partial charge >= 0.3 is 0 Å². The van der Waals surface area contributed by atoms with Gasteiger partial charge in [-0.1, -0.05) is 6.92 Å². The molecule has 1 saturated heterocycles. The number of carbonyl (C=O) groups excluding carboxylic acids is 1. The third-order valence-corrected chi connectivity index (χ3v) is 4.05. The topological polar surface area (TPSA) is 59.9 Å². The first-order valence-electron chi connectivity index (χ1n) is 7.84. The molecule has 1 aromatic rings. The van der Waals surface area contributed by atoms with E-state index >= 15 is 0 Å². The van der Waals surface area contributed by atoms with Crippen LogP contribution in [0, 0.1) is 0 Å². The molecule has 22 heavy (non-hydrogen) atoms. The molecule has 122 valence electrons. The average molecular weight is 306 g/mol. The number of nitrogens with zero attached hydrogens (tertiary/aromatic N) is 4. The molecular formula is C16H26N4O2. The van der Waals surface area contributed by atoms with E-state index in [9.17, 15) is 9.90 Å². The highest BCUT2D eigenvalue weighted by Gasteiger charge is 2.23. The molecule has 1 amide bonds. The lowest BCUT2D eigenvalue weighted by atomic mass is 10.2. The summed E-state index contributed by atoms with van der Waals surface area (Å²) in [6, 6.07) is 3.60. The lowest BCUT2D eigenvalue weighted by molar-refractivity contribution is 0.0523. The number of aliphatic hydroxyl groups is 1. The van der Waals surface area contributed by atoms with Crippen molar-refractivity contribution < 1.29 is 9.90 Å².